The van der Waals surface area contributed by atoms with Gasteiger partial charge in [-0.05, 0) is 67.4 Å². The van der Waals surface area contributed by atoms with Crippen molar-refractivity contribution in [2.45, 2.75) is 43.8 Å². The molecule has 4 aromatic carbocycles. The maximum Gasteiger partial charge on any atom is 0.264 e. The number of hydrogen-bond donors (Lipinski definition) is 1. The fourth-order valence-electron chi connectivity index (χ4n) is 4.66. The first kappa shape index (κ1) is 33.5. The minimum absolute atomic E-state index is 0.00389. The highest BCUT2D eigenvalue weighted by Crippen LogP contribution is 2.31. The molecule has 0 spiro atoms. The molecule has 4 rings (SSSR count). The number of halogens is 3. The molecular weight excluding hydrogens is 685 g/mol. The van der Waals surface area contributed by atoms with E-state index in [9.17, 15) is 18.0 Å². The van der Waals surface area contributed by atoms with E-state index in [0.717, 1.165) is 19.9 Å². The van der Waals surface area contributed by atoms with Crippen LogP contribution in [-0.2, 0) is 32.6 Å². The average Bonchev–Trinajstić information content (AvgIpc) is 2.99. The zero-order valence-electron chi connectivity index (χ0n) is 24.2. The third-order valence-electron chi connectivity index (χ3n) is 6.75. The smallest absolute Gasteiger partial charge is 0.264 e. The Morgan fingerprint density at radius 1 is 0.818 bits per heavy atom. The minimum Gasteiger partial charge on any atom is -0.352 e. The molecule has 0 unspecified atom stereocenters. The van der Waals surface area contributed by atoms with Crippen molar-refractivity contribution in [2.24, 2.45) is 0 Å². The quantitative estimate of drug-likeness (QED) is 0.169. The average molecular weight is 718 g/mol. The summed E-state index contributed by atoms with van der Waals surface area (Å²) >= 11 is 15.9. The molecule has 2 amide bonds. The Morgan fingerprint density at radius 3 is 2.07 bits per heavy atom. The lowest BCUT2D eigenvalue weighted by Gasteiger charge is -2.34. The van der Waals surface area contributed by atoms with Gasteiger partial charge in [0.25, 0.3) is 10.0 Å². The number of nitrogens with zero attached hydrogens (tertiary/aromatic N) is 2. The highest BCUT2D eigenvalue weighted by atomic mass is 79.9. The third-order valence-corrected chi connectivity index (χ3v) is 9.77. The number of amides is 2. The number of anilines is 1. The summed E-state index contributed by atoms with van der Waals surface area (Å²) in [5, 5.41) is 3.32. The van der Waals surface area contributed by atoms with Gasteiger partial charge in [-0.25, -0.2) is 8.42 Å². The van der Waals surface area contributed by atoms with Gasteiger partial charge < -0.3 is 10.2 Å². The molecule has 0 bridgehead atoms. The Balaban J connectivity index is 1.82. The zero-order valence-corrected chi connectivity index (χ0v) is 28.1. The minimum atomic E-state index is -4.24. The lowest BCUT2D eigenvalue weighted by atomic mass is 10.0. The van der Waals surface area contributed by atoms with Crippen molar-refractivity contribution in [1.82, 2.24) is 10.2 Å². The normalized spacial score (nSPS) is 12.0. The Kier molecular flexibility index (Phi) is 11.5. The van der Waals surface area contributed by atoms with Gasteiger partial charge in [-0.2, -0.15) is 0 Å². The number of carbonyl (C=O) groups is 2. The number of benzene rings is 4. The van der Waals surface area contributed by atoms with Crippen LogP contribution in [0.25, 0.3) is 0 Å². The fourth-order valence-corrected chi connectivity index (χ4v) is 6.82. The standard InChI is InChI=1S/C33H32BrCl2N3O4S/c1-23(2)37-33(41)31(19-24-10-5-3-6-11-24)38(21-25-12-9-13-26(34)18-25)32(40)22-39(27-16-17-29(35)30(36)20-27)44(42,43)28-14-7-4-8-15-28/h3-18,20,23,31H,19,21-22H2,1-2H3,(H,37,41)/t31-/m0/s1. The third kappa shape index (κ3) is 8.63. The van der Waals surface area contributed by atoms with Crippen molar-refractivity contribution in [3.63, 3.8) is 0 Å². The van der Waals surface area contributed by atoms with Gasteiger partial charge in [-0.3, -0.25) is 13.9 Å². The van der Waals surface area contributed by atoms with Crippen LogP contribution < -0.4 is 9.62 Å². The van der Waals surface area contributed by atoms with Crippen LogP contribution in [0.15, 0.2) is 112 Å². The van der Waals surface area contributed by atoms with E-state index in [1.807, 2.05) is 68.4 Å². The lowest BCUT2D eigenvalue weighted by molar-refractivity contribution is -0.140. The van der Waals surface area contributed by atoms with E-state index in [2.05, 4.69) is 21.2 Å². The van der Waals surface area contributed by atoms with Gasteiger partial charge in [0.1, 0.15) is 12.6 Å². The van der Waals surface area contributed by atoms with Gasteiger partial charge in [-0.15, -0.1) is 0 Å². The molecule has 1 N–H and O–H groups in total. The first-order chi connectivity index (χ1) is 21.0. The summed E-state index contributed by atoms with van der Waals surface area (Å²) in [7, 11) is -4.24. The van der Waals surface area contributed by atoms with E-state index in [4.69, 9.17) is 23.2 Å². The van der Waals surface area contributed by atoms with Crippen LogP contribution in [0.3, 0.4) is 0 Å². The van der Waals surface area contributed by atoms with Crippen LogP contribution in [0.1, 0.15) is 25.0 Å². The fraction of sp³-hybridized carbons (Fsp3) is 0.212. The van der Waals surface area contributed by atoms with Crippen molar-refractivity contribution in [1.29, 1.82) is 0 Å². The maximum absolute atomic E-state index is 14.4. The Morgan fingerprint density at radius 2 is 1.45 bits per heavy atom. The highest BCUT2D eigenvalue weighted by molar-refractivity contribution is 9.10. The van der Waals surface area contributed by atoms with Crippen LogP contribution in [0.2, 0.25) is 10.0 Å². The summed E-state index contributed by atoms with van der Waals surface area (Å²) in [6, 6.07) is 27.9. The summed E-state index contributed by atoms with van der Waals surface area (Å²) in [6.07, 6.45) is 0.220. The van der Waals surface area contributed by atoms with Crippen molar-refractivity contribution in [3.8, 4) is 0 Å². The molecule has 0 saturated carbocycles. The van der Waals surface area contributed by atoms with E-state index in [0.29, 0.717) is 0 Å². The first-order valence-corrected chi connectivity index (χ1v) is 16.9. The van der Waals surface area contributed by atoms with Crippen molar-refractivity contribution >= 4 is 66.7 Å². The number of rotatable bonds is 12. The molecule has 0 aliphatic rings. The SMILES string of the molecule is CC(C)NC(=O)[C@H](Cc1ccccc1)N(Cc1cccc(Br)c1)C(=O)CN(c1ccc(Cl)c(Cl)c1)S(=O)(=O)c1ccccc1. The maximum atomic E-state index is 14.4. The second kappa shape index (κ2) is 15.1. The molecule has 0 aromatic heterocycles. The van der Waals surface area contributed by atoms with Crippen LogP contribution >= 0.6 is 39.1 Å². The molecule has 230 valence electrons. The number of nitrogens with one attached hydrogen (secondary N) is 1. The molecule has 0 fully saturated rings. The van der Waals surface area contributed by atoms with Gasteiger partial charge in [0, 0.05) is 23.5 Å². The van der Waals surface area contributed by atoms with Gasteiger partial charge >= 0.3 is 0 Å². The first-order valence-electron chi connectivity index (χ1n) is 13.9. The molecule has 11 heteroatoms. The topological polar surface area (TPSA) is 86.8 Å². The zero-order chi connectivity index (χ0) is 31.9. The van der Waals surface area contributed by atoms with Crippen molar-refractivity contribution < 1.29 is 18.0 Å². The number of carbonyl (C=O) groups excluding carboxylic acids is 2. The molecule has 7 nitrogen and oxygen atoms in total. The number of hydrogen-bond acceptors (Lipinski definition) is 4. The Bertz CT molecular complexity index is 1710. The molecule has 0 aliphatic carbocycles. The van der Waals surface area contributed by atoms with Gasteiger partial charge in [0.05, 0.1) is 20.6 Å². The molecular formula is C33H32BrCl2N3O4S. The van der Waals surface area contributed by atoms with E-state index >= 15 is 0 Å². The highest BCUT2D eigenvalue weighted by Gasteiger charge is 2.35. The summed E-state index contributed by atoms with van der Waals surface area (Å²) in [5.74, 6) is -0.922. The van der Waals surface area contributed by atoms with E-state index in [1.165, 1.54) is 35.2 Å². The van der Waals surface area contributed by atoms with Gasteiger partial charge in [0.2, 0.25) is 11.8 Å². The van der Waals surface area contributed by atoms with E-state index in [-0.39, 0.29) is 45.5 Å². The molecule has 0 radical (unpaired) electrons. The predicted molar refractivity (Wildman–Crippen MR) is 179 cm³/mol. The molecule has 0 aliphatic heterocycles. The predicted octanol–water partition coefficient (Wildman–Crippen LogP) is 7.12. The molecule has 0 saturated heterocycles. The second-order valence-electron chi connectivity index (χ2n) is 10.4. The number of sulfonamides is 1. The Labute approximate surface area is 277 Å². The molecule has 44 heavy (non-hydrogen) atoms. The molecule has 0 heterocycles. The summed E-state index contributed by atoms with van der Waals surface area (Å²) < 4.78 is 29.9. The monoisotopic (exact) mass is 715 g/mol. The van der Waals surface area contributed by atoms with E-state index < -0.39 is 28.5 Å². The Hall–Kier alpha value is -3.37. The van der Waals surface area contributed by atoms with Crippen molar-refractivity contribution in [2.75, 3.05) is 10.8 Å². The lowest BCUT2D eigenvalue weighted by Crippen LogP contribution is -2.54. The van der Waals surface area contributed by atoms with E-state index in [1.54, 1.807) is 18.2 Å². The largest absolute Gasteiger partial charge is 0.352 e. The van der Waals surface area contributed by atoms with Gasteiger partial charge in [0.15, 0.2) is 0 Å². The summed E-state index contributed by atoms with van der Waals surface area (Å²) in [6.45, 7) is 3.15. The molecule has 4 aromatic rings. The van der Waals surface area contributed by atoms with Crippen molar-refractivity contribution in [3.05, 3.63) is 129 Å². The van der Waals surface area contributed by atoms with Crippen LogP contribution in [0.4, 0.5) is 5.69 Å². The second-order valence-corrected chi connectivity index (χ2v) is 14.0. The van der Waals surface area contributed by atoms with Crippen LogP contribution in [0, 0.1) is 0 Å². The van der Waals surface area contributed by atoms with Gasteiger partial charge in [-0.1, -0.05) is 99.8 Å². The van der Waals surface area contributed by atoms with Crippen LogP contribution in [-0.4, -0.2) is 43.8 Å². The summed E-state index contributed by atoms with van der Waals surface area (Å²) in [5.41, 5.74) is 1.77. The van der Waals surface area contributed by atoms with Crippen LogP contribution in [0.5, 0.6) is 0 Å². The summed E-state index contributed by atoms with van der Waals surface area (Å²) in [4.78, 5) is 29.6. The molecule has 1 atom stereocenters.